The number of hydrogen-bond donors (Lipinski definition) is 3. The van der Waals surface area contributed by atoms with Gasteiger partial charge in [-0.1, -0.05) is 34.6 Å². The molecule has 6 heteroatoms. The second-order valence-electron chi connectivity index (χ2n) is 5.41. The van der Waals surface area contributed by atoms with Crippen molar-refractivity contribution in [3.63, 3.8) is 0 Å². The van der Waals surface area contributed by atoms with Crippen molar-refractivity contribution in [2.45, 2.75) is 41.0 Å². The molecule has 0 aromatic carbocycles. The summed E-state index contributed by atoms with van der Waals surface area (Å²) >= 11 is 0. The van der Waals surface area contributed by atoms with E-state index < -0.39 is 5.97 Å². The third-order valence-corrected chi connectivity index (χ3v) is 2.67. The van der Waals surface area contributed by atoms with E-state index in [0.717, 1.165) is 0 Å². The predicted molar refractivity (Wildman–Crippen MR) is 69.4 cm³/mol. The molecule has 0 saturated carbocycles. The first-order valence-electron chi connectivity index (χ1n) is 5.89. The first kappa shape index (κ1) is 19.2. The number of hydrogen-bond acceptors (Lipinski definition) is 5. The summed E-state index contributed by atoms with van der Waals surface area (Å²) in [5.41, 5.74) is 5.03. The van der Waals surface area contributed by atoms with E-state index in [2.05, 4.69) is 10.7 Å². The summed E-state index contributed by atoms with van der Waals surface area (Å²) in [4.78, 5) is 24.8. The highest BCUT2D eigenvalue weighted by molar-refractivity contribution is 5.71. The normalized spacial score (nSPS) is 12.4. The Labute approximate surface area is 109 Å². The van der Waals surface area contributed by atoms with E-state index in [1.165, 1.54) is 0 Å². The van der Waals surface area contributed by atoms with Gasteiger partial charge in [0.1, 0.15) is 0 Å². The van der Waals surface area contributed by atoms with E-state index in [9.17, 15) is 9.59 Å². The lowest BCUT2D eigenvalue weighted by Crippen LogP contribution is -2.26. The molecule has 108 valence electrons. The molecule has 0 heterocycles. The van der Waals surface area contributed by atoms with E-state index in [1.54, 1.807) is 6.92 Å². The van der Waals surface area contributed by atoms with Gasteiger partial charge in [-0.2, -0.15) is 5.90 Å². The van der Waals surface area contributed by atoms with Crippen molar-refractivity contribution in [3.8, 4) is 0 Å². The topological polar surface area (TPSA) is 116 Å². The Balaban J connectivity index is 0. The van der Waals surface area contributed by atoms with Crippen molar-refractivity contribution in [2.24, 2.45) is 28.9 Å². The molecule has 0 aliphatic heterocycles. The highest BCUT2D eigenvalue weighted by atomic mass is 16.7. The Hall–Kier alpha value is -1.14. The quantitative estimate of drug-likeness (QED) is 0.640. The first-order valence-corrected chi connectivity index (χ1v) is 5.89. The molecule has 0 rings (SSSR count). The summed E-state index contributed by atoms with van der Waals surface area (Å²) in [6, 6.07) is 0. The first-order chi connectivity index (χ1) is 8.07. The van der Waals surface area contributed by atoms with Crippen LogP contribution in [0.1, 0.15) is 41.0 Å². The largest absolute Gasteiger partial charge is 0.481 e. The summed E-state index contributed by atoms with van der Waals surface area (Å²) < 4.78 is 0. The smallest absolute Gasteiger partial charge is 0.327 e. The molecule has 0 radical (unpaired) electrons. The Morgan fingerprint density at radius 3 is 1.83 bits per heavy atom. The lowest BCUT2D eigenvalue weighted by Gasteiger charge is -2.18. The highest BCUT2D eigenvalue weighted by Gasteiger charge is 2.19. The summed E-state index contributed by atoms with van der Waals surface area (Å²) in [6.07, 6.45) is 0.142. The van der Waals surface area contributed by atoms with Crippen LogP contribution in [-0.2, 0) is 14.4 Å². The van der Waals surface area contributed by atoms with Crippen LogP contribution in [0.3, 0.4) is 0 Å². The number of carboxylic acids is 1. The molecule has 0 aliphatic carbocycles. The third kappa shape index (κ3) is 10.0. The van der Waals surface area contributed by atoms with Crippen molar-refractivity contribution in [1.29, 1.82) is 0 Å². The molecule has 0 saturated heterocycles. The van der Waals surface area contributed by atoms with Crippen LogP contribution in [0, 0.1) is 17.3 Å². The molecule has 0 fully saturated rings. The monoisotopic (exact) mass is 262 g/mol. The highest BCUT2D eigenvalue weighted by Crippen LogP contribution is 2.17. The Bertz CT molecular complexity index is 265. The Kier molecular flexibility index (Phi) is 9.47. The van der Waals surface area contributed by atoms with Gasteiger partial charge in [0.05, 0.1) is 12.3 Å². The van der Waals surface area contributed by atoms with Gasteiger partial charge < -0.3 is 15.7 Å². The van der Waals surface area contributed by atoms with Gasteiger partial charge in [-0.15, -0.1) is 0 Å². The third-order valence-electron chi connectivity index (χ3n) is 2.67. The van der Waals surface area contributed by atoms with E-state index in [-0.39, 0.29) is 23.7 Å². The molecule has 1 unspecified atom stereocenters. The molecule has 6 nitrogen and oxygen atoms in total. The van der Waals surface area contributed by atoms with Crippen molar-refractivity contribution in [1.82, 2.24) is 0 Å². The van der Waals surface area contributed by atoms with Crippen LogP contribution in [0.5, 0.6) is 0 Å². The minimum absolute atomic E-state index is 0.102. The molecule has 0 aromatic rings. The predicted octanol–water partition coefficient (Wildman–Crippen LogP) is 1.14. The van der Waals surface area contributed by atoms with Crippen LogP contribution in [0.4, 0.5) is 0 Å². The Morgan fingerprint density at radius 2 is 1.72 bits per heavy atom. The van der Waals surface area contributed by atoms with E-state index in [4.69, 9.17) is 10.8 Å². The average Bonchev–Trinajstić information content (AvgIpc) is 2.26. The van der Waals surface area contributed by atoms with Crippen molar-refractivity contribution >= 4 is 11.9 Å². The fourth-order valence-electron chi connectivity index (χ4n) is 0.861. The fraction of sp³-hybridized carbons (Fsp3) is 0.833. The van der Waals surface area contributed by atoms with Gasteiger partial charge in [0.25, 0.3) is 0 Å². The standard InChI is InChI=1S/2C6H13NO2/c1-6(2,4-7)3-5(8)9;1-4(2)5(3)6(8)9-7/h3-4,7H2,1-2H3,(H,8,9);4-5H,7H2,1-3H3. The van der Waals surface area contributed by atoms with Gasteiger partial charge in [0.2, 0.25) is 0 Å². The molecule has 5 N–H and O–H groups in total. The van der Waals surface area contributed by atoms with Gasteiger partial charge in [0, 0.05) is 0 Å². The van der Waals surface area contributed by atoms with Gasteiger partial charge in [-0.3, -0.25) is 9.59 Å². The van der Waals surface area contributed by atoms with Gasteiger partial charge >= 0.3 is 11.9 Å². The summed E-state index contributed by atoms with van der Waals surface area (Å²) in [5.74, 6) is 3.72. The van der Waals surface area contributed by atoms with Crippen molar-refractivity contribution in [3.05, 3.63) is 0 Å². The van der Waals surface area contributed by atoms with Gasteiger partial charge in [-0.05, 0) is 17.9 Å². The summed E-state index contributed by atoms with van der Waals surface area (Å²) in [6.45, 7) is 9.77. The SMILES string of the molecule is CC(C)(CN)CC(=O)O.CC(C)C(C)C(=O)ON. The number of carboxylic acid groups (broad SMARTS) is 1. The number of carbonyl (C=O) groups is 2. The van der Waals surface area contributed by atoms with Gasteiger partial charge in [-0.25, -0.2) is 0 Å². The second-order valence-corrected chi connectivity index (χ2v) is 5.41. The zero-order chi connectivity index (χ0) is 14.9. The van der Waals surface area contributed by atoms with Crippen LogP contribution >= 0.6 is 0 Å². The molecular formula is C12H26N2O4. The van der Waals surface area contributed by atoms with Crippen LogP contribution in [0.25, 0.3) is 0 Å². The van der Waals surface area contributed by atoms with Crippen LogP contribution in [0.2, 0.25) is 0 Å². The minimum Gasteiger partial charge on any atom is -0.481 e. The second kappa shape index (κ2) is 8.88. The van der Waals surface area contributed by atoms with Crippen LogP contribution in [0.15, 0.2) is 0 Å². The summed E-state index contributed by atoms with van der Waals surface area (Å²) in [7, 11) is 0. The maximum Gasteiger partial charge on any atom is 0.327 e. The van der Waals surface area contributed by atoms with Gasteiger partial charge in [0.15, 0.2) is 0 Å². The average molecular weight is 262 g/mol. The molecule has 18 heavy (non-hydrogen) atoms. The zero-order valence-corrected chi connectivity index (χ0v) is 11.9. The molecule has 0 amide bonds. The van der Waals surface area contributed by atoms with Crippen LogP contribution < -0.4 is 11.6 Å². The number of nitrogens with two attached hydrogens (primary N) is 2. The molecule has 0 aliphatic rings. The molecular weight excluding hydrogens is 236 g/mol. The lowest BCUT2D eigenvalue weighted by atomic mass is 9.90. The molecule has 0 aromatic heterocycles. The summed E-state index contributed by atoms with van der Waals surface area (Å²) in [5, 5.41) is 8.32. The van der Waals surface area contributed by atoms with Crippen molar-refractivity contribution in [2.75, 3.05) is 6.54 Å². The Morgan fingerprint density at radius 1 is 1.28 bits per heavy atom. The molecule has 1 atom stereocenters. The zero-order valence-electron chi connectivity index (χ0n) is 11.9. The maximum absolute atomic E-state index is 10.6. The lowest BCUT2D eigenvalue weighted by molar-refractivity contribution is -0.150. The maximum atomic E-state index is 10.6. The van der Waals surface area contributed by atoms with E-state index >= 15 is 0 Å². The molecule has 0 spiro atoms. The molecule has 0 bridgehead atoms. The number of carbonyl (C=O) groups excluding carboxylic acids is 1. The van der Waals surface area contributed by atoms with E-state index in [1.807, 2.05) is 27.7 Å². The number of aliphatic carboxylic acids is 1. The van der Waals surface area contributed by atoms with Crippen molar-refractivity contribution < 1.29 is 19.5 Å². The van der Waals surface area contributed by atoms with E-state index in [0.29, 0.717) is 12.5 Å². The fourth-order valence-corrected chi connectivity index (χ4v) is 0.861. The van der Waals surface area contributed by atoms with Crippen LogP contribution in [-0.4, -0.2) is 23.6 Å². The minimum atomic E-state index is -0.787. The number of rotatable bonds is 5.